The maximum atomic E-state index is 3.70. The quantitative estimate of drug-likeness (QED) is 0.435. The van der Waals surface area contributed by atoms with Crippen LogP contribution in [0, 0.1) is 5.41 Å². The van der Waals surface area contributed by atoms with Crippen molar-refractivity contribution in [1.29, 1.82) is 0 Å². The van der Waals surface area contributed by atoms with Gasteiger partial charge in [0.2, 0.25) is 0 Å². The van der Waals surface area contributed by atoms with Gasteiger partial charge in [-0.15, -0.1) is 0 Å². The van der Waals surface area contributed by atoms with Crippen LogP contribution in [0.2, 0.25) is 0 Å². The molecule has 0 rings (SSSR count). The topological polar surface area (TPSA) is 0 Å². The van der Waals surface area contributed by atoms with Crippen molar-refractivity contribution in [2.45, 2.75) is 34.6 Å². The fourth-order valence-corrected chi connectivity index (χ4v) is 1.06. The molecule has 68 valence electrons. The monoisotopic (exact) mass is 164 g/mol. The van der Waals surface area contributed by atoms with E-state index in [0.29, 0.717) is 0 Å². The van der Waals surface area contributed by atoms with E-state index in [1.807, 2.05) is 6.08 Å². The summed E-state index contributed by atoms with van der Waals surface area (Å²) in [5.41, 5.74) is 2.93. The number of rotatable bonds is 3. The molecule has 0 aromatic rings. The SMILES string of the molecule is C=CC=C(C)C(C)(C)C(C)=CC. The summed E-state index contributed by atoms with van der Waals surface area (Å²) in [5, 5.41) is 0. The van der Waals surface area contributed by atoms with Crippen LogP contribution in [-0.4, -0.2) is 0 Å². The van der Waals surface area contributed by atoms with Gasteiger partial charge < -0.3 is 0 Å². The van der Waals surface area contributed by atoms with Gasteiger partial charge in [0.15, 0.2) is 0 Å². The van der Waals surface area contributed by atoms with Gasteiger partial charge >= 0.3 is 0 Å². The van der Waals surface area contributed by atoms with Crippen LogP contribution in [0.5, 0.6) is 0 Å². The second-order valence-corrected chi connectivity index (χ2v) is 3.68. The minimum atomic E-state index is 0.170. The maximum absolute atomic E-state index is 3.70. The van der Waals surface area contributed by atoms with Gasteiger partial charge in [-0.1, -0.05) is 49.8 Å². The molecule has 0 heterocycles. The van der Waals surface area contributed by atoms with Gasteiger partial charge in [-0.25, -0.2) is 0 Å². The highest BCUT2D eigenvalue weighted by molar-refractivity contribution is 5.26. The Bertz CT molecular complexity index is 214. The van der Waals surface area contributed by atoms with Gasteiger partial charge in [0, 0.05) is 5.41 Å². The van der Waals surface area contributed by atoms with E-state index in [2.05, 4.69) is 53.3 Å². The molecule has 0 radical (unpaired) electrons. The van der Waals surface area contributed by atoms with Gasteiger partial charge in [-0.3, -0.25) is 0 Å². The molecule has 0 unspecified atom stereocenters. The fourth-order valence-electron chi connectivity index (χ4n) is 1.06. The van der Waals surface area contributed by atoms with Crippen molar-refractivity contribution in [1.82, 2.24) is 0 Å². The van der Waals surface area contributed by atoms with E-state index in [9.17, 15) is 0 Å². The molecule has 12 heavy (non-hydrogen) atoms. The van der Waals surface area contributed by atoms with Crippen LogP contribution < -0.4 is 0 Å². The Morgan fingerprint density at radius 1 is 1.17 bits per heavy atom. The van der Waals surface area contributed by atoms with Crippen LogP contribution in [-0.2, 0) is 0 Å². The number of hydrogen-bond acceptors (Lipinski definition) is 0. The van der Waals surface area contributed by atoms with Gasteiger partial charge in [0.05, 0.1) is 0 Å². The Morgan fingerprint density at radius 3 is 2.00 bits per heavy atom. The Balaban J connectivity index is 4.84. The summed E-state index contributed by atoms with van der Waals surface area (Å²) in [4.78, 5) is 0. The first-order valence-corrected chi connectivity index (χ1v) is 4.40. The molecule has 0 aliphatic carbocycles. The second-order valence-electron chi connectivity index (χ2n) is 3.68. The standard InChI is InChI=1S/C12H20/c1-7-9-11(4)12(5,6)10(3)8-2/h7-9H,1H2,2-6H3. The molecule has 0 nitrogen and oxygen atoms in total. The van der Waals surface area contributed by atoms with Gasteiger partial charge in [-0.2, -0.15) is 0 Å². The van der Waals surface area contributed by atoms with Crippen molar-refractivity contribution < 1.29 is 0 Å². The summed E-state index contributed by atoms with van der Waals surface area (Å²) in [5.74, 6) is 0. The highest BCUT2D eigenvalue weighted by Crippen LogP contribution is 2.33. The van der Waals surface area contributed by atoms with E-state index in [1.165, 1.54) is 11.1 Å². The predicted octanol–water partition coefficient (Wildman–Crippen LogP) is 4.11. The lowest BCUT2D eigenvalue weighted by atomic mass is 9.78. The Kier molecular flexibility index (Phi) is 4.02. The molecular formula is C12H20. The minimum absolute atomic E-state index is 0.170. The summed E-state index contributed by atoms with van der Waals surface area (Å²) in [6.07, 6.45) is 6.09. The van der Waals surface area contributed by atoms with Crippen molar-refractivity contribution in [3.63, 3.8) is 0 Å². The summed E-state index contributed by atoms with van der Waals surface area (Å²) in [6.45, 7) is 14.6. The lowest BCUT2D eigenvalue weighted by Gasteiger charge is -2.27. The Morgan fingerprint density at radius 2 is 1.67 bits per heavy atom. The molecule has 0 spiro atoms. The van der Waals surface area contributed by atoms with Crippen LogP contribution in [0.4, 0.5) is 0 Å². The van der Waals surface area contributed by atoms with Crippen LogP contribution in [0.1, 0.15) is 34.6 Å². The largest absolute Gasteiger partial charge is 0.0991 e. The molecule has 0 fully saturated rings. The third-order valence-corrected chi connectivity index (χ3v) is 2.77. The average Bonchev–Trinajstić information content (AvgIpc) is 2.03. The van der Waals surface area contributed by atoms with E-state index < -0.39 is 0 Å². The zero-order valence-electron chi connectivity index (χ0n) is 8.94. The summed E-state index contributed by atoms with van der Waals surface area (Å²) in [6, 6.07) is 0. The number of hydrogen-bond donors (Lipinski definition) is 0. The highest BCUT2D eigenvalue weighted by atomic mass is 14.2. The highest BCUT2D eigenvalue weighted by Gasteiger charge is 2.20. The molecule has 0 aliphatic heterocycles. The third kappa shape index (κ3) is 2.37. The molecule has 0 saturated heterocycles. The normalized spacial score (nSPS) is 14.8. The predicted molar refractivity (Wildman–Crippen MR) is 57.2 cm³/mol. The molecule has 0 aromatic carbocycles. The van der Waals surface area contributed by atoms with E-state index >= 15 is 0 Å². The zero-order valence-corrected chi connectivity index (χ0v) is 8.94. The van der Waals surface area contributed by atoms with E-state index in [-0.39, 0.29) is 5.41 Å². The third-order valence-electron chi connectivity index (χ3n) is 2.77. The second kappa shape index (κ2) is 4.30. The molecule has 0 heteroatoms. The first-order chi connectivity index (χ1) is 5.46. The molecule has 0 saturated carbocycles. The van der Waals surface area contributed by atoms with Crippen LogP contribution in [0.25, 0.3) is 0 Å². The smallest absolute Gasteiger partial charge is 0.00614 e. The summed E-state index contributed by atoms with van der Waals surface area (Å²) >= 11 is 0. The molecule has 0 N–H and O–H groups in total. The van der Waals surface area contributed by atoms with Crippen LogP contribution in [0.15, 0.2) is 36.0 Å². The van der Waals surface area contributed by atoms with E-state index in [4.69, 9.17) is 0 Å². The number of allylic oxidation sites excluding steroid dienone is 5. The summed E-state index contributed by atoms with van der Waals surface area (Å²) < 4.78 is 0. The van der Waals surface area contributed by atoms with Gasteiger partial charge in [0.25, 0.3) is 0 Å². The fraction of sp³-hybridized carbons (Fsp3) is 0.500. The molecule has 0 atom stereocenters. The van der Waals surface area contributed by atoms with Crippen molar-refractivity contribution in [2.24, 2.45) is 5.41 Å². The molecule has 0 amide bonds. The van der Waals surface area contributed by atoms with Crippen LogP contribution in [0.3, 0.4) is 0 Å². The maximum Gasteiger partial charge on any atom is 0.00614 e. The Labute approximate surface area is 76.7 Å². The van der Waals surface area contributed by atoms with E-state index in [0.717, 1.165) is 0 Å². The molecule has 0 aromatic heterocycles. The first kappa shape index (κ1) is 11.2. The van der Waals surface area contributed by atoms with Gasteiger partial charge in [0.1, 0.15) is 0 Å². The minimum Gasteiger partial charge on any atom is -0.0991 e. The van der Waals surface area contributed by atoms with Crippen molar-refractivity contribution >= 4 is 0 Å². The average molecular weight is 164 g/mol. The van der Waals surface area contributed by atoms with Crippen LogP contribution >= 0.6 is 0 Å². The molecule has 0 bridgehead atoms. The van der Waals surface area contributed by atoms with Crippen molar-refractivity contribution in [3.8, 4) is 0 Å². The van der Waals surface area contributed by atoms with Crippen molar-refractivity contribution in [3.05, 3.63) is 36.0 Å². The molecule has 0 aliphatic rings. The van der Waals surface area contributed by atoms with Crippen molar-refractivity contribution in [2.75, 3.05) is 0 Å². The first-order valence-electron chi connectivity index (χ1n) is 4.40. The van der Waals surface area contributed by atoms with Gasteiger partial charge in [-0.05, 0) is 20.8 Å². The molecular weight excluding hydrogens is 144 g/mol. The Hall–Kier alpha value is -0.780. The summed E-state index contributed by atoms with van der Waals surface area (Å²) in [7, 11) is 0. The zero-order chi connectivity index (χ0) is 9.78. The lowest BCUT2D eigenvalue weighted by molar-refractivity contribution is 0.537. The van der Waals surface area contributed by atoms with E-state index in [1.54, 1.807) is 0 Å². The lowest BCUT2D eigenvalue weighted by Crippen LogP contribution is -2.14.